The van der Waals surface area contributed by atoms with Crippen molar-refractivity contribution in [1.82, 2.24) is 14.8 Å². The second-order valence-corrected chi connectivity index (χ2v) is 7.36. The Kier molecular flexibility index (Phi) is 4.75. The fourth-order valence-corrected chi connectivity index (χ4v) is 4.07. The molecule has 0 saturated heterocycles. The van der Waals surface area contributed by atoms with Crippen LogP contribution in [0.15, 0.2) is 36.9 Å². The summed E-state index contributed by atoms with van der Waals surface area (Å²) in [6.45, 7) is 3.42. The van der Waals surface area contributed by atoms with Crippen LogP contribution in [0.3, 0.4) is 0 Å². The molecule has 1 heterocycles. The highest BCUT2D eigenvalue weighted by Crippen LogP contribution is 2.52. The van der Waals surface area contributed by atoms with Gasteiger partial charge in [0.2, 0.25) is 0 Å². The predicted molar refractivity (Wildman–Crippen MR) is 92.8 cm³/mol. The maximum Gasteiger partial charge on any atom is 0.166 e. The number of aromatic nitrogens is 3. The molecule has 3 atom stereocenters. The van der Waals surface area contributed by atoms with Gasteiger partial charge in [0.1, 0.15) is 19.3 Å². The van der Waals surface area contributed by atoms with E-state index in [1.165, 1.54) is 11.9 Å². The first-order chi connectivity index (χ1) is 11.9. The Morgan fingerprint density at radius 1 is 1.36 bits per heavy atom. The number of hydrogen-bond donors (Lipinski definition) is 2. The normalized spacial score (nSPS) is 29.0. The number of carbonyl (C=O) groups is 1. The first-order valence-corrected chi connectivity index (χ1v) is 8.63. The molecule has 1 fully saturated rings. The second-order valence-electron chi connectivity index (χ2n) is 7.36. The molecule has 1 aliphatic rings. The number of Topliss-reactive ketones (excluding diaryl/α,β-unsaturated/α-hetero) is 1. The summed E-state index contributed by atoms with van der Waals surface area (Å²) in [5, 5.41) is 25.2. The molecule has 6 heteroatoms. The Labute approximate surface area is 147 Å². The van der Waals surface area contributed by atoms with E-state index in [0.29, 0.717) is 12.8 Å². The molecule has 0 bridgehead atoms. The average Bonchev–Trinajstić information content (AvgIpc) is 3.19. The third-order valence-corrected chi connectivity index (χ3v) is 5.86. The minimum atomic E-state index is -1.29. The lowest BCUT2D eigenvalue weighted by atomic mass is 9.69. The summed E-state index contributed by atoms with van der Waals surface area (Å²) < 4.78 is 1.57. The Morgan fingerprint density at radius 2 is 2.08 bits per heavy atom. The molecule has 1 aromatic carbocycles. The number of ketones is 1. The Bertz CT molecular complexity index is 729. The van der Waals surface area contributed by atoms with Crippen LogP contribution in [0.5, 0.6) is 0 Å². The topological polar surface area (TPSA) is 88.2 Å². The van der Waals surface area contributed by atoms with Gasteiger partial charge in [-0.3, -0.25) is 9.48 Å². The first-order valence-electron chi connectivity index (χ1n) is 8.63. The van der Waals surface area contributed by atoms with Crippen molar-refractivity contribution in [3.05, 3.63) is 48.0 Å². The van der Waals surface area contributed by atoms with Gasteiger partial charge in [-0.25, -0.2) is 4.98 Å². The van der Waals surface area contributed by atoms with E-state index in [2.05, 4.69) is 34.3 Å². The van der Waals surface area contributed by atoms with E-state index in [9.17, 15) is 15.0 Å². The molecular formula is C19H25N3O3. The van der Waals surface area contributed by atoms with Crippen molar-refractivity contribution in [2.45, 2.75) is 45.3 Å². The van der Waals surface area contributed by atoms with Crippen molar-refractivity contribution >= 4 is 5.78 Å². The molecule has 3 rings (SSSR count). The second kappa shape index (κ2) is 6.69. The van der Waals surface area contributed by atoms with Crippen molar-refractivity contribution in [1.29, 1.82) is 0 Å². The van der Waals surface area contributed by atoms with Crippen LogP contribution in [0.4, 0.5) is 0 Å². The highest BCUT2D eigenvalue weighted by atomic mass is 16.3. The van der Waals surface area contributed by atoms with Crippen LogP contribution in [0.1, 0.15) is 30.9 Å². The quantitative estimate of drug-likeness (QED) is 0.830. The number of carbonyl (C=O) groups excluding carboxylic acids is 1. The molecule has 2 aromatic rings. The lowest BCUT2D eigenvalue weighted by molar-refractivity contribution is -0.152. The molecule has 3 unspecified atom stereocenters. The fourth-order valence-electron chi connectivity index (χ4n) is 4.07. The first kappa shape index (κ1) is 17.8. The number of aliphatic hydroxyl groups is 2. The number of rotatable bonds is 6. The molecule has 0 spiro atoms. The number of nitrogens with zero attached hydrogens (tertiary/aromatic N) is 3. The maximum absolute atomic E-state index is 12.5. The van der Waals surface area contributed by atoms with Crippen LogP contribution >= 0.6 is 0 Å². The van der Waals surface area contributed by atoms with E-state index in [1.54, 1.807) is 17.9 Å². The van der Waals surface area contributed by atoms with Gasteiger partial charge in [0.05, 0.1) is 17.6 Å². The van der Waals surface area contributed by atoms with Crippen LogP contribution in [0.25, 0.3) is 0 Å². The smallest absolute Gasteiger partial charge is 0.166 e. The highest BCUT2D eigenvalue weighted by molar-refractivity contribution is 5.87. The molecule has 1 aliphatic carbocycles. The third kappa shape index (κ3) is 3.12. The van der Waals surface area contributed by atoms with Gasteiger partial charge >= 0.3 is 0 Å². The minimum Gasteiger partial charge on any atom is -0.389 e. The Hall–Kier alpha value is -2.05. The summed E-state index contributed by atoms with van der Waals surface area (Å²) >= 11 is 0. The summed E-state index contributed by atoms with van der Waals surface area (Å²) in [4.78, 5) is 16.4. The Morgan fingerprint density at radius 3 is 2.68 bits per heavy atom. The maximum atomic E-state index is 12.5. The van der Waals surface area contributed by atoms with E-state index in [1.807, 2.05) is 6.92 Å². The van der Waals surface area contributed by atoms with Crippen molar-refractivity contribution in [3.63, 3.8) is 0 Å². The standard InChI is InChI=1S/C19H25N3O3/c1-14-3-5-15(6-4-14)9-16-7-8-18(2,17(24)10-23)19(16,25)11-22-13-20-12-21-22/h3-6,12-13,16,23,25H,7-11H2,1-2H3. The molecule has 1 aromatic heterocycles. The monoisotopic (exact) mass is 343 g/mol. The van der Waals surface area contributed by atoms with Gasteiger partial charge in [-0.2, -0.15) is 5.10 Å². The summed E-state index contributed by atoms with van der Waals surface area (Å²) in [5.74, 6) is -0.415. The fraction of sp³-hybridized carbons (Fsp3) is 0.526. The van der Waals surface area contributed by atoms with Gasteiger partial charge in [-0.15, -0.1) is 0 Å². The predicted octanol–water partition coefficient (Wildman–Crippen LogP) is 1.54. The zero-order valence-corrected chi connectivity index (χ0v) is 14.7. The zero-order valence-electron chi connectivity index (χ0n) is 14.7. The van der Waals surface area contributed by atoms with Gasteiger partial charge < -0.3 is 10.2 Å². The number of aliphatic hydroxyl groups excluding tert-OH is 1. The van der Waals surface area contributed by atoms with Gasteiger partial charge in [0.15, 0.2) is 5.78 Å². The SMILES string of the molecule is Cc1ccc(CC2CCC(C)(C(=O)CO)C2(O)Cn2cncn2)cc1. The summed E-state index contributed by atoms with van der Waals surface area (Å²) in [6, 6.07) is 8.24. The number of benzene rings is 1. The van der Waals surface area contributed by atoms with Crippen molar-refractivity contribution in [3.8, 4) is 0 Å². The molecular weight excluding hydrogens is 318 g/mol. The lowest BCUT2D eigenvalue weighted by Gasteiger charge is -2.41. The molecule has 25 heavy (non-hydrogen) atoms. The molecule has 1 saturated carbocycles. The van der Waals surface area contributed by atoms with E-state index in [-0.39, 0.29) is 18.2 Å². The summed E-state index contributed by atoms with van der Waals surface area (Å²) in [7, 11) is 0. The van der Waals surface area contributed by atoms with Crippen molar-refractivity contribution in [2.24, 2.45) is 11.3 Å². The van der Waals surface area contributed by atoms with Crippen LogP contribution in [-0.4, -0.2) is 43.0 Å². The van der Waals surface area contributed by atoms with Crippen LogP contribution in [0, 0.1) is 18.3 Å². The molecule has 0 amide bonds. The number of hydrogen-bond acceptors (Lipinski definition) is 5. The molecule has 2 N–H and O–H groups in total. The van der Waals surface area contributed by atoms with Gasteiger partial charge in [-0.05, 0) is 44.6 Å². The Balaban J connectivity index is 1.93. The van der Waals surface area contributed by atoms with E-state index < -0.39 is 17.6 Å². The third-order valence-electron chi connectivity index (χ3n) is 5.86. The average molecular weight is 343 g/mol. The molecule has 0 aliphatic heterocycles. The highest BCUT2D eigenvalue weighted by Gasteiger charge is 2.60. The summed E-state index contributed by atoms with van der Waals surface area (Å²) in [6.07, 6.45) is 4.91. The lowest BCUT2D eigenvalue weighted by Crippen LogP contribution is -2.55. The van der Waals surface area contributed by atoms with E-state index in [0.717, 1.165) is 12.0 Å². The summed E-state index contributed by atoms with van der Waals surface area (Å²) in [5.41, 5.74) is 0.0377. The van der Waals surface area contributed by atoms with Crippen LogP contribution in [-0.2, 0) is 17.8 Å². The van der Waals surface area contributed by atoms with Crippen LogP contribution < -0.4 is 0 Å². The molecule has 6 nitrogen and oxygen atoms in total. The van der Waals surface area contributed by atoms with Gasteiger partial charge in [0.25, 0.3) is 0 Å². The van der Waals surface area contributed by atoms with E-state index >= 15 is 0 Å². The molecule has 0 radical (unpaired) electrons. The van der Waals surface area contributed by atoms with Gasteiger partial charge in [-0.1, -0.05) is 29.8 Å². The van der Waals surface area contributed by atoms with Crippen LogP contribution in [0.2, 0.25) is 0 Å². The van der Waals surface area contributed by atoms with E-state index in [4.69, 9.17) is 0 Å². The van der Waals surface area contributed by atoms with Crippen molar-refractivity contribution < 1.29 is 15.0 Å². The zero-order chi connectivity index (χ0) is 18.1. The van der Waals surface area contributed by atoms with Crippen molar-refractivity contribution in [2.75, 3.05) is 6.61 Å². The largest absolute Gasteiger partial charge is 0.389 e. The minimum absolute atomic E-state index is 0.0973. The van der Waals surface area contributed by atoms with Gasteiger partial charge in [0, 0.05) is 0 Å². The number of aryl methyl sites for hydroxylation is 1. The molecule has 134 valence electrons.